The van der Waals surface area contributed by atoms with Crippen LogP contribution in [0.3, 0.4) is 0 Å². The topological polar surface area (TPSA) is 80.4 Å². The molecule has 17 heavy (non-hydrogen) atoms. The molecule has 0 unspecified atom stereocenters. The summed E-state index contributed by atoms with van der Waals surface area (Å²) in [6.45, 7) is 1.73. The van der Waals surface area contributed by atoms with Crippen LogP contribution in [0.25, 0.3) is 0 Å². The van der Waals surface area contributed by atoms with Gasteiger partial charge in [0.25, 0.3) is 5.91 Å². The van der Waals surface area contributed by atoms with Crippen LogP contribution < -0.4 is 5.43 Å². The van der Waals surface area contributed by atoms with Gasteiger partial charge in [-0.1, -0.05) is 0 Å². The van der Waals surface area contributed by atoms with Gasteiger partial charge in [-0.25, -0.2) is 10.4 Å². The molecule has 1 N–H and O–H groups in total. The highest BCUT2D eigenvalue weighted by atomic mass is 16.3. The van der Waals surface area contributed by atoms with Crippen molar-refractivity contribution in [1.82, 2.24) is 15.4 Å². The molecule has 86 valence electrons. The minimum absolute atomic E-state index is 0.212. The Hall–Kier alpha value is -2.50. The van der Waals surface area contributed by atoms with Gasteiger partial charge < -0.3 is 4.42 Å². The maximum atomic E-state index is 11.6. The zero-order valence-electron chi connectivity index (χ0n) is 9.12. The van der Waals surface area contributed by atoms with E-state index in [2.05, 4.69) is 20.5 Å². The Bertz CT molecular complexity index is 520. The summed E-state index contributed by atoms with van der Waals surface area (Å²) in [5.41, 5.74) is 3.16. The minimum Gasteiger partial charge on any atom is -0.463 e. The Morgan fingerprint density at radius 3 is 3.00 bits per heavy atom. The van der Waals surface area contributed by atoms with E-state index in [1.165, 1.54) is 18.6 Å². The first-order valence-electron chi connectivity index (χ1n) is 4.92. The summed E-state index contributed by atoms with van der Waals surface area (Å²) >= 11 is 0. The largest absolute Gasteiger partial charge is 0.463 e. The number of furan rings is 1. The number of rotatable bonds is 3. The standard InChI is InChI=1S/C11H10N4O2/c1-8(10-3-2-6-17-10)14-15-11(16)9-7-12-4-5-13-9/h2-7H,1H3,(H,15,16). The number of nitrogens with one attached hydrogen (secondary N) is 1. The predicted molar refractivity (Wildman–Crippen MR) is 60.4 cm³/mol. The lowest BCUT2D eigenvalue weighted by Gasteiger charge is -1.99. The second-order valence-electron chi connectivity index (χ2n) is 3.21. The van der Waals surface area contributed by atoms with Crippen molar-refractivity contribution in [3.05, 3.63) is 48.4 Å². The van der Waals surface area contributed by atoms with E-state index in [4.69, 9.17) is 4.42 Å². The molecule has 0 atom stereocenters. The number of amides is 1. The Morgan fingerprint density at radius 2 is 2.35 bits per heavy atom. The molecule has 6 nitrogen and oxygen atoms in total. The molecule has 0 aliphatic carbocycles. The third kappa shape index (κ3) is 2.75. The van der Waals surface area contributed by atoms with Crippen molar-refractivity contribution < 1.29 is 9.21 Å². The van der Waals surface area contributed by atoms with Crippen molar-refractivity contribution in [1.29, 1.82) is 0 Å². The van der Waals surface area contributed by atoms with Gasteiger partial charge in [0.2, 0.25) is 0 Å². The van der Waals surface area contributed by atoms with Crippen molar-refractivity contribution in [3.8, 4) is 0 Å². The lowest BCUT2D eigenvalue weighted by atomic mass is 10.3. The molecule has 0 aromatic carbocycles. The minimum atomic E-state index is -0.413. The Balaban J connectivity index is 2.04. The molecule has 6 heteroatoms. The molecule has 0 saturated carbocycles. The summed E-state index contributed by atoms with van der Waals surface area (Å²) in [6, 6.07) is 3.51. The summed E-state index contributed by atoms with van der Waals surface area (Å²) in [4.78, 5) is 19.2. The van der Waals surface area contributed by atoms with Gasteiger partial charge in [-0.3, -0.25) is 9.78 Å². The van der Waals surface area contributed by atoms with E-state index in [1.807, 2.05) is 0 Å². The second kappa shape index (κ2) is 5.02. The maximum absolute atomic E-state index is 11.6. The van der Waals surface area contributed by atoms with Gasteiger partial charge in [-0.2, -0.15) is 5.10 Å². The van der Waals surface area contributed by atoms with E-state index in [1.54, 1.807) is 25.3 Å². The molecule has 0 radical (unpaired) electrons. The van der Waals surface area contributed by atoms with Gasteiger partial charge in [-0.05, 0) is 19.1 Å². The number of hydrogen-bond acceptors (Lipinski definition) is 5. The number of carbonyl (C=O) groups excluding carboxylic acids is 1. The van der Waals surface area contributed by atoms with E-state index in [0.717, 1.165) is 0 Å². The first-order chi connectivity index (χ1) is 8.27. The quantitative estimate of drug-likeness (QED) is 0.635. The lowest BCUT2D eigenvalue weighted by molar-refractivity contribution is 0.0949. The molecular weight excluding hydrogens is 220 g/mol. The number of carbonyl (C=O) groups is 1. The average molecular weight is 230 g/mol. The molecule has 2 aromatic heterocycles. The van der Waals surface area contributed by atoms with Crippen LogP contribution in [0.1, 0.15) is 23.2 Å². The van der Waals surface area contributed by atoms with Crippen LogP contribution in [-0.2, 0) is 0 Å². The molecule has 0 bridgehead atoms. The molecule has 2 heterocycles. The fraction of sp³-hybridized carbons (Fsp3) is 0.0909. The molecule has 0 aliphatic rings. The van der Waals surface area contributed by atoms with Crippen LogP contribution >= 0.6 is 0 Å². The predicted octanol–water partition coefficient (Wildman–Crippen LogP) is 1.22. The van der Waals surface area contributed by atoms with E-state index >= 15 is 0 Å². The van der Waals surface area contributed by atoms with E-state index in [-0.39, 0.29) is 5.69 Å². The molecule has 1 amide bonds. The van der Waals surface area contributed by atoms with Gasteiger partial charge in [0, 0.05) is 12.4 Å². The highest BCUT2D eigenvalue weighted by molar-refractivity contribution is 5.98. The van der Waals surface area contributed by atoms with Crippen LogP contribution in [0.4, 0.5) is 0 Å². The first kappa shape index (κ1) is 11.0. The number of nitrogens with zero attached hydrogens (tertiary/aromatic N) is 3. The number of hydrogen-bond donors (Lipinski definition) is 1. The molecule has 0 aliphatic heterocycles. The SMILES string of the molecule is CC(=NNC(=O)c1cnccn1)c1ccco1. The van der Waals surface area contributed by atoms with Crippen LogP contribution in [0, 0.1) is 0 Å². The Kier molecular flexibility index (Phi) is 3.25. The summed E-state index contributed by atoms with van der Waals surface area (Å²) < 4.78 is 5.12. The van der Waals surface area contributed by atoms with Crippen molar-refractivity contribution >= 4 is 11.6 Å². The highest BCUT2D eigenvalue weighted by Crippen LogP contribution is 2.01. The fourth-order valence-electron chi connectivity index (χ4n) is 1.15. The van der Waals surface area contributed by atoms with Crippen LogP contribution in [0.5, 0.6) is 0 Å². The van der Waals surface area contributed by atoms with Crippen LogP contribution in [0.15, 0.2) is 46.5 Å². The van der Waals surface area contributed by atoms with E-state index < -0.39 is 5.91 Å². The van der Waals surface area contributed by atoms with Gasteiger partial charge in [0.05, 0.1) is 12.5 Å². The zero-order chi connectivity index (χ0) is 12.1. The summed E-state index contributed by atoms with van der Waals surface area (Å²) in [5.74, 6) is 0.188. The van der Waals surface area contributed by atoms with Gasteiger partial charge in [0.1, 0.15) is 17.2 Å². The van der Waals surface area contributed by atoms with Gasteiger partial charge in [-0.15, -0.1) is 0 Å². The average Bonchev–Trinajstić information content (AvgIpc) is 2.90. The Morgan fingerprint density at radius 1 is 1.47 bits per heavy atom. The molecule has 2 rings (SSSR count). The fourth-order valence-corrected chi connectivity index (χ4v) is 1.15. The number of hydrazone groups is 1. The first-order valence-corrected chi connectivity index (χ1v) is 4.92. The van der Waals surface area contributed by atoms with Gasteiger partial charge >= 0.3 is 0 Å². The maximum Gasteiger partial charge on any atom is 0.291 e. The molecule has 2 aromatic rings. The molecular formula is C11H10N4O2. The van der Waals surface area contributed by atoms with Crippen molar-refractivity contribution in [2.24, 2.45) is 5.10 Å². The third-order valence-corrected chi connectivity index (χ3v) is 2.00. The lowest BCUT2D eigenvalue weighted by Crippen LogP contribution is -2.20. The summed E-state index contributed by atoms with van der Waals surface area (Å²) in [7, 11) is 0. The smallest absolute Gasteiger partial charge is 0.291 e. The molecule has 0 spiro atoms. The van der Waals surface area contributed by atoms with Crippen molar-refractivity contribution in [2.45, 2.75) is 6.92 Å². The summed E-state index contributed by atoms with van der Waals surface area (Å²) in [6.07, 6.45) is 5.85. The van der Waals surface area contributed by atoms with Gasteiger partial charge in [0.15, 0.2) is 0 Å². The van der Waals surface area contributed by atoms with E-state index in [0.29, 0.717) is 11.5 Å². The van der Waals surface area contributed by atoms with Crippen LogP contribution in [0.2, 0.25) is 0 Å². The monoisotopic (exact) mass is 230 g/mol. The highest BCUT2D eigenvalue weighted by Gasteiger charge is 2.06. The third-order valence-electron chi connectivity index (χ3n) is 2.00. The molecule has 0 saturated heterocycles. The molecule has 0 fully saturated rings. The second-order valence-corrected chi connectivity index (χ2v) is 3.21. The normalized spacial score (nSPS) is 11.2. The van der Waals surface area contributed by atoms with Crippen LogP contribution in [-0.4, -0.2) is 21.6 Å². The van der Waals surface area contributed by atoms with Crippen molar-refractivity contribution in [3.63, 3.8) is 0 Å². The summed E-state index contributed by atoms with van der Waals surface area (Å²) in [5, 5.41) is 3.90. The number of aromatic nitrogens is 2. The van der Waals surface area contributed by atoms with E-state index in [9.17, 15) is 4.79 Å². The Labute approximate surface area is 97.4 Å². The van der Waals surface area contributed by atoms with Crippen molar-refractivity contribution in [2.75, 3.05) is 0 Å². The zero-order valence-corrected chi connectivity index (χ0v) is 9.12.